The lowest BCUT2D eigenvalue weighted by molar-refractivity contribution is -0.00790. The molecular formula is C13H27NO. The molecule has 1 fully saturated rings. The molecule has 1 N–H and O–H groups in total. The van der Waals surface area contributed by atoms with Crippen LogP contribution in [0.2, 0.25) is 0 Å². The summed E-state index contributed by atoms with van der Waals surface area (Å²) in [5.74, 6) is 0. The van der Waals surface area contributed by atoms with Gasteiger partial charge in [0.05, 0.1) is 6.10 Å². The normalized spacial score (nSPS) is 31.6. The van der Waals surface area contributed by atoms with Gasteiger partial charge >= 0.3 is 0 Å². The van der Waals surface area contributed by atoms with Crippen LogP contribution in [-0.4, -0.2) is 34.7 Å². The molecule has 0 aromatic rings. The molecule has 1 saturated heterocycles. The van der Waals surface area contributed by atoms with E-state index in [9.17, 15) is 5.11 Å². The topological polar surface area (TPSA) is 23.5 Å². The van der Waals surface area contributed by atoms with Gasteiger partial charge in [0.2, 0.25) is 0 Å². The minimum atomic E-state index is -0.222. The fraction of sp³-hybridized carbons (Fsp3) is 1.00. The molecule has 0 aromatic heterocycles. The lowest BCUT2D eigenvalue weighted by atomic mass is 9.87. The van der Waals surface area contributed by atoms with E-state index in [-0.39, 0.29) is 11.5 Å². The largest absolute Gasteiger partial charge is 0.391 e. The van der Waals surface area contributed by atoms with Gasteiger partial charge in [-0.2, -0.15) is 0 Å². The van der Waals surface area contributed by atoms with Gasteiger partial charge < -0.3 is 5.11 Å². The average Bonchev–Trinajstić information content (AvgIpc) is 2.09. The number of piperidine rings is 1. The molecule has 0 amide bonds. The van der Waals surface area contributed by atoms with Gasteiger partial charge in [0.25, 0.3) is 0 Å². The van der Waals surface area contributed by atoms with Crippen molar-refractivity contribution in [2.45, 2.75) is 72.1 Å². The number of rotatable bonds is 2. The van der Waals surface area contributed by atoms with Crippen molar-refractivity contribution in [3.05, 3.63) is 0 Å². The van der Waals surface area contributed by atoms with Crippen LogP contribution in [0, 0.1) is 5.41 Å². The van der Waals surface area contributed by atoms with Gasteiger partial charge in [-0.1, -0.05) is 27.2 Å². The van der Waals surface area contributed by atoms with Crippen LogP contribution in [0.5, 0.6) is 0 Å². The van der Waals surface area contributed by atoms with E-state index in [2.05, 4.69) is 39.5 Å². The summed E-state index contributed by atoms with van der Waals surface area (Å²) >= 11 is 0. The Morgan fingerprint density at radius 2 is 1.67 bits per heavy atom. The van der Waals surface area contributed by atoms with Crippen LogP contribution in [0.15, 0.2) is 0 Å². The minimum absolute atomic E-state index is 0.00309. The monoisotopic (exact) mass is 213 g/mol. The maximum absolute atomic E-state index is 10.1. The maximum atomic E-state index is 10.1. The van der Waals surface area contributed by atoms with Crippen LogP contribution in [0.4, 0.5) is 0 Å². The Bertz CT molecular complexity index is 187. The van der Waals surface area contributed by atoms with Crippen molar-refractivity contribution >= 4 is 0 Å². The van der Waals surface area contributed by atoms with Crippen LogP contribution < -0.4 is 0 Å². The summed E-state index contributed by atoms with van der Waals surface area (Å²) in [5, 5.41) is 10.1. The van der Waals surface area contributed by atoms with Crippen LogP contribution in [0.1, 0.15) is 53.9 Å². The molecule has 90 valence electrons. The number of hydrogen-bond acceptors (Lipinski definition) is 2. The number of aliphatic hydroxyl groups is 1. The van der Waals surface area contributed by atoms with Crippen molar-refractivity contribution in [3.63, 3.8) is 0 Å². The van der Waals surface area contributed by atoms with E-state index < -0.39 is 0 Å². The van der Waals surface area contributed by atoms with Gasteiger partial charge in [-0.3, -0.25) is 4.90 Å². The summed E-state index contributed by atoms with van der Waals surface area (Å²) in [4.78, 5) is 2.47. The first-order valence-electron chi connectivity index (χ1n) is 6.26. The quantitative estimate of drug-likeness (QED) is 0.762. The maximum Gasteiger partial charge on any atom is 0.0715 e. The number of aliphatic hydroxyl groups excluding tert-OH is 1. The van der Waals surface area contributed by atoms with Crippen LogP contribution in [-0.2, 0) is 0 Å². The molecule has 15 heavy (non-hydrogen) atoms. The van der Waals surface area contributed by atoms with Gasteiger partial charge in [-0.25, -0.2) is 0 Å². The summed E-state index contributed by atoms with van der Waals surface area (Å²) in [5.41, 5.74) is -0.00309. The zero-order valence-electron chi connectivity index (χ0n) is 11.0. The summed E-state index contributed by atoms with van der Waals surface area (Å²) in [6.45, 7) is 11.7. The second kappa shape index (κ2) is 4.84. The molecule has 2 nitrogen and oxygen atoms in total. The predicted molar refractivity (Wildman–Crippen MR) is 64.9 cm³/mol. The smallest absolute Gasteiger partial charge is 0.0715 e. The molecule has 1 rings (SSSR count). The van der Waals surface area contributed by atoms with Gasteiger partial charge in [-0.05, 0) is 32.1 Å². The Morgan fingerprint density at radius 1 is 1.20 bits per heavy atom. The van der Waals surface area contributed by atoms with Crippen molar-refractivity contribution in [1.29, 1.82) is 0 Å². The van der Waals surface area contributed by atoms with Gasteiger partial charge in [0.1, 0.15) is 0 Å². The zero-order chi connectivity index (χ0) is 11.6. The molecule has 0 bridgehead atoms. The number of β-amino-alcohol motifs (C(OH)–C–C–N with tert-alkyl or cyclic N) is 1. The molecule has 0 radical (unpaired) electrons. The third-order valence-corrected chi connectivity index (χ3v) is 3.76. The first kappa shape index (κ1) is 13.0. The Labute approximate surface area is 94.7 Å². The van der Waals surface area contributed by atoms with Gasteiger partial charge in [0.15, 0.2) is 0 Å². The van der Waals surface area contributed by atoms with Crippen molar-refractivity contribution in [2.75, 3.05) is 6.54 Å². The van der Waals surface area contributed by atoms with Crippen molar-refractivity contribution in [3.8, 4) is 0 Å². The molecule has 2 heteroatoms. The minimum Gasteiger partial charge on any atom is -0.391 e. The highest BCUT2D eigenvalue weighted by Gasteiger charge is 2.30. The fourth-order valence-corrected chi connectivity index (χ4v) is 2.31. The fourth-order valence-electron chi connectivity index (χ4n) is 2.31. The molecule has 1 aliphatic heterocycles. The third kappa shape index (κ3) is 3.46. The highest BCUT2D eigenvalue weighted by Crippen LogP contribution is 2.26. The van der Waals surface area contributed by atoms with Crippen LogP contribution in [0.25, 0.3) is 0 Å². The van der Waals surface area contributed by atoms with Crippen molar-refractivity contribution in [1.82, 2.24) is 4.90 Å². The second-order valence-corrected chi connectivity index (χ2v) is 6.21. The molecule has 1 aliphatic rings. The van der Waals surface area contributed by atoms with Crippen LogP contribution >= 0.6 is 0 Å². The molecule has 3 unspecified atom stereocenters. The van der Waals surface area contributed by atoms with E-state index in [1.165, 1.54) is 19.3 Å². The lowest BCUT2D eigenvalue weighted by Crippen LogP contribution is -2.49. The first-order chi connectivity index (χ1) is 6.82. The van der Waals surface area contributed by atoms with E-state index in [0.717, 1.165) is 6.54 Å². The number of likely N-dealkylation sites (tertiary alicyclic amines) is 1. The van der Waals surface area contributed by atoms with E-state index in [4.69, 9.17) is 0 Å². The summed E-state index contributed by atoms with van der Waals surface area (Å²) in [6.07, 6.45) is 3.67. The lowest BCUT2D eigenvalue weighted by Gasteiger charge is -2.42. The van der Waals surface area contributed by atoms with E-state index in [1.54, 1.807) is 0 Å². The average molecular weight is 213 g/mol. The standard InChI is InChI=1S/C13H27NO/c1-10-7-6-8-11(2)14(10)9-12(15)13(3,4)5/h10-12,15H,6-9H2,1-5H3. The highest BCUT2D eigenvalue weighted by molar-refractivity contribution is 4.84. The van der Waals surface area contributed by atoms with Gasteiger partial charge in [-0.15, -0.1) is 0 Å². The molecule has 0 saturated carbocycles. The first-order valence-corrected chi connectivity index (χ1v) is 6.26. The molecule has 3 atom stereocenters. The van der Waals surface area contributed by atoms with E-state index in [1.807, 2.05) is 0 Å². The Balaban J connectivity index is 2.55. The molecule has 1 heterocycles. The van der Waals surface area contributed by atoms with Crippen molar-refractivity contribution < 1.29 is 5.11 Å². The molecule has 0 aromatic carbocycles. The summed E-state index contributed by atoms with van der Waals surface area (Å²) in [6, 6.07) is 1.26. The summed E-state index contributed by atoms with van der Waals surface area (Å²) in [7, 11) is 0. The Morgan fingerprint density at radius 3 is 2.07 bits per heavy atom. The number of nitrogens with zero attached hydrogens (tertiary/aromatic N) is 1. The molecular weight excluding hydrogens is 186 g/mol. The zero-order valence-corrected chi connectivity index (χ0v) is 11.0. The third-order valence-electron chi connectivity index (χ3n) is 3.76. The van der Waals surface area contributed by atoms with Crippen molar-refractivity contribution in [2.24, 2.45) is 5.41 Å². The Kier molecular flexibility index (Phi) is 4.19. The highest BCUT2D eigenvalue weighted by atomic mass is 16.3. The van der Waals surface area contributed by atoms with Gasteiger partial charge in [0, 0.05) is 18.6 Å². The summed E-state index contributed by atoms with van der Waals surface area (Å²) < 4.78 is 0. The number of hydrogen-bond donors (Lipinski definition) is 1. The molecule has 0 aliphatic carbocycles. The second-order valence-electron chi connectivity index (χ2n) is 6.21. The van der Waals surface area contributed by atoms with E-state index in [0.29, 0.717) is 12.1 Å². The Hall–Kier alpha value is -0.0800. The van der Waals surface area contributed by atoms with E-state index >= 15 is 0 Å². The molecule has 0 spiro atoms. The van der Waals surface area contributed by atoms with Crippen LogP contribution in [0.3, 0.4) is 0 Å². The SMILES string of the molecule is CC1CCCC(C)N1CC(O)C(C)(C)C. The predicted octanol–water partition coefficient (Wildman–Crippen LogP) is 2.66.